The minimum Gasteiger partial charge on any atom is -0.482 e. The summed E-state index contributed by atoms with van der Waals surface area (Å²) >= 11 is 0. The zero-order valence-corrected chi connectivity index (χ0v) is 17.7. The van der Waals surface area contributed by atoms with E-state index in [1.54, 1.807) is 6.08 Å². The van der Waals surface area contributed by atoms with Crippen molar-refractivity contribution < 1.29 is 9.15 Å². The van der Waals surface area contributed by atoms with Gasteiger partial charge in [-0.05, 0) is 35.2 Å². The Bertz CT molecular complexity index is 1200. The van der Waals surface area contributed by atoms with Crippen molar-refractivity contribution in [1.82, 2.24) is 0 Å². The van der Waals surface area contributed by atoms with Crippen molar-refractivity contribution >= 4 is 5.69 Å². The van der Waals surface area contributed by atoms with Gasteiger partial charge in [0, 0.05) is 11.8 Å². The first-order valence-corrected chi connectivity index (χ1v) is 10.6. The second-order valence-electron chi connectivity index (χ2n) is 7.42. The van der Waals surface area contributed by atoms with E-state index in [0.717, 1.165) is 22.4 Å². The lowest BCUT2D eigenvalue weighted by Crippen LogP contribution is -2.16. The fraction of sp³-hybridized carbons (Fsp3) is 0.107. The molecule has 4 aromatic rings. The quantitative estimate of drug-likeness (QED) is 0.308. The van der Waals surface area contributed by atoms with Gasteiger partial charge in [0.15, 0.2) is 5.76 Å². The summed E-state index contributed by atoms with van der Waals surface area (Å²) in [5.41, 5.74) is 3.97. The van der Waals surface area contributed by atoms with Crippen LogP contribution in [0, 0.1) is 0 Å². The molecule has 0 unspecified atom stereocenters. The second-order valence-corrected chi connectivity index (χ2v) is 7.42. The standard InChI is InChI=1S/C28H25NO3/c1-2-9-25(29-24-16-14-23(15-17-24)22-12-7-4-8-13-22)27-28(26(30)18-19-31-27)32-20-21-10-5-3-6-11-21/h2-8,10-19,25,29H,1,9,20H2/t25-/m1/s1. The van der Waals surface area contributed by atoms with Crippen LogP contribution >= 0.6 is 0 Å². The van der Waals surface area contributed by atoms with Crippen LogP contribution < -0.4 is 15.5 Å². The lowest BCUT2D eigenvalue weighted by molar-refractivity contribution is 0.279. The van der Waals surface area contributed by atoms with E-state index in [9.17, 15) is 4.79 Å². The summed E-state index contributed by atoms with van der Waals surface area (Å²) in [6.07, 6.45) is 3.77. The predicted molar refractivity (Wildman–Crippen MR) is 129 cm³/mol. The highest BCUT2D eigenvalue weighted by Gasteiger charge is 2.21. The van der Waals surface area contributed by atoms with Crippen LogP contribution in [0.2, 0.25) is 0 Å². The predicted octanol–water partition coefficient (Wildman–Crippen LogP) is 6.62. The van der Waals surface area contributed by atoms with Crippen LogP contribution in [0.25, 0.3) is 11.1 Å². The van der Waals surface area contributed by atoms with Crippen molar-refractivity contribution in [2.45, 2.75) is 19.1 Å². The summed E-state index contributed by atoms with van der Waals surface area (Å²) < 4.78 is 11.7. The highest BCUT2D eigenvalue weighted by atomic mass is 16.5. The maximum Gasteiger partial charge on any atom is 0.227 e. The monoisotopic (exact) mass is 423 g/mol. The van der Waals surface area contributed by atoms with Gasteiger partial charge >= 0.3 is 0 Å². The molecule has 0 saturated carbocycles. The number of anilines is 1. The molecule has 4 nitrogen and oxygen atoms in total. The summed E-state index contributed by atoms with van der Waals surface area (Å²) in [6, 6.07) is 29.2. The lowest BCUT2D eigenvalue weighted by atomic mass is 10.0. The molecule has 1 heterocycles. The molecule has 0 bridgehead atoms. The van der Waals surface area contributed by atoms with E-state index >= 15 is 0 Å². The van der Waals surface area contributed by atoms with Gasteiger partial charge in [-0.25, -0.2) is 0 Å². The average Bonchev–Trinajstić information content (AvgIpc) is 2.84. The summed E-state index contributed by atoms with van der Waals surface area (Å²) in [7, 11) is 0. The largest absolute Gasteiger partial charge is 0.482 e. The van der Waals surface area contributed by atoms with E-state index < -0.39 is 0 Å². The fourth-order valence-corrected chi connectivity index (χ4v) is 3.52. The van der Waals surface area contributed by atoms with Crippen LogP contribution in [0.15, 0.2) is 119 Å². The maximum atomic E-state index is 12.6. The SMILES string of the molecule is C=CC[C@@H](Nc1ccc(-c2ccccc2)cc1)c1occc(=O)c1OCc1ccccc1. The van der Waals surface area contributed by atoms with Crippen LogP contribution in [-0.2, 0) is 6.61 Å². The van der Waals surface area contributed by atoms with Gasteiger partial charge < -0.3 is 14.5 Å². The zero-order valence-electron chi connectivity index (χ0n) is 17.7. The number of hydrogen-bond acceptors (Lipinski definition) is 4. The Labute approximate surface area is 187 Å². The molecule has 4 heteroatoms. The average molecular weight is 424 g/mol. The number of rotatable bonds is 9. The van der Waals surface area contributed by atoms with E-state index in [4.69, 9.17) is 9.15 Å². The Hall–Kier alpha value is -4.05. The van der Waals surface area contributed by atoms with Crippen LogP contribution in [0.4, 0.5) is 5.69 Å². The number of ether oxygens (including phenoxy) is 1. The van der Waals surface area contributed by atoms with Gasteiger partial charge in [0.05, 0.1) is 12.3 Å². The third-order valence-electron chi connectivity index (χ3n) is 5.14. The van der Waals surface area contributed by atoms with Crippen LogP contribution in [0.3, 0.4) is 0 Å². The molecule has 1 N–H and O–H groups in total. The molecule has 0 radical (unpaired) electrons. The maximum absolute atomic E-state index is 12.6. The van der Waals surface area contributed by atoms with Gasteiger partial charge in [-0.1, -0.05) is 78.9 Å². The molecule has 0 aliphatic heterocycles. The molecule has 0 amide bonds. The molecule has 0 spiro atoms. The van der Waals surface area contributed by atoms with Crippen LogP contribution in [0.5, 0.6) is 5.75 Å². The minimum atomic E-state index is -0.297. The third-order valence-corrected chi connectivity index (χ3v) is 5.14. The first kappa shape index (κ1) is 21.2. The van der Waals surface area contributed by atoms with Crippen molar-refractivity contribution in [3.05, 3.63) is 131 Å². The lowest BCUT2D eigenvalue weighted by Gasteiger charge is -2.20. The summed E-state index contributed by atoms with van der Waals surface area (Å²) in [6.45, 7) is 4.15. The molecule has 0 aliphatic rings. The summed E-state index contributed by atoms with van der Waals surface area (Å²) in [5, 5.41) is 3.46. The van der Waals surface area contributed by atoms with Crippen molar-refractivity contribution in [2.75, 3.05) is 5.32 Å². The molecule has 3 aromatic carbocycles. The fourth-order valence-electron chi connectivity index (χ4n) is 3.52. The first-order valence-electron chi connectivity index (χ1n) is 10.6. The summed E-state index contributed by atoms with van der Waals surface area (Å²) in [5.74, 6) is 0.678. The Morgan fingerprint density at radius 3 is 2.22 bits per heavy atom. The number of nitrogens with one attached hydrogen (secondary N) is 1. The topological polar surface area (TPSA) is 51.5 Å². The Morgan fingerprint density at radius 2 is 1.53 bits per heavy atom. The van der Waals surface area contributed by atoms with E-state index in [0.29, 0.717) is 12.2 Å². The number of hydrogen-bond donors (Lipinski definition) is 1. The van der Waals surface area contributed by atoms with Gasteiger partial charge in [0.1, 0.15) is 6.61 Å². The first-order chi connectivity index (χ1) is 15.7. The summed E-state index contributed by atoms with van der Waals surface area (Å²) in [4.78, 5) is 12.6. The van der Waals surface area contributed by atoms with Crippen LogP contribution in [-0.4, -0.2) is 0 Å². The number of benzene rings is 3. The molecule has 0 aliphatic carbocycles. The third kappa shape index (κ3) is 5.16. The minimum absolute atomic E-state index is 0.211. The molecule has 0 saturated heterocycles. The van der Waals surface area contributed by atoms with Crippen molar-refractivity contribution in [2.24, 2.45) is 0 Å². The highest BCUT2D eigenvalue weighted by Crippen LogP contribution is 2.30. The van der Waals surface area contributed by atoms with Gasteiger partial charge in [-0.15, -0.1) is 6.58 Å². The smallest absolute Gasteiger partial charge is 0.227 e. The van der Waals surface area contributed by atoms with E-state index in [1.807, 2.05) is 60.7 Å². The van der Waals surface area contributed by atoms with Crippen molar-refractivity contribution in [1.29, 1.82) is 0 Å². The van der Waals surface area contributed by atoms with Gasteiger partial charge in [-0.2, -0.15) is 0 Å². The van der Waals surface area contributed by atoms with E-state index in [1.165, 1.54) is 12.3 Å². The Kier molecular flexibility index (Phi) is 6.83. The Morgan fingerprint density at radius 1 is 0.875 bits per heavy atom. The molecule has 160 valence electrons. The molecule has 4 rings (SSSR count). The molecule has 1 aromatic heterocycles. The molecular weight excluding hydrogens is 398 g/mol. The van der Waals surface area contributed by atoms with E-state index in [2.05, 4.69) is 36.2 Å². The van der Waals surface area contributed by atoms with Gasteiger partial charge in [0.25, 0.3) is 0 Å². The van der Waals surface area contributed by atoms with Gasteiger partial charge in [0.2, 0.25) is 11.2 Å². The van der Waals surface area contributed by atoms with Crippen molar-refractivity contribution in [3.63, 3.8) is 0 Å². The molecule has 32 heavy (non-hydrogen) atoms. The highest BCUT2D eigenvalue weighted by molar-refractivity contribution is 5.66. The molecule has 0 fully saturated rings. The Balaban J connectivity index is 1.56. The molecular formula is C28H25NO3. The molecule has 1 atom stereocenters. The van der Waals surface area contributed by atoms with Gasteiger partial charge in [-0.3, -0.25) is 4.79 Å². The van der Waals surface area contributed by atoms with Crippen LogP contribution in [0.1, 0.15) is 23.8 Å². The zero-order chi connectivity index (χ0) is 22.2. The second kappa shape index (κ2) is 10.3. The normalized spacial score (nSPS) is 11.5. The van der Waals surface area contributed by atoms with Crippen molar-refractivity contribution in [3.8, 4) is 16.9 Å². The van der Waals surface area contributed by atoms with E-state index in [-0.39, 0.29) is 23.8 Å².